The van der Waals surface area contributed by atoms with Gasteiger partial charge in [0.05, 0.1) is 0 Å². The van der Waals surface area contributed by atoms with Crippen LogP contribution >= 0.6 is 0 Å². The van der Waals surface area contributed by atoms with E-state index >= 15 is 0 Å². The molecule has 0 aliphatic heterocycles. The molecular formula is C17H27N3O. The summed E-state index contributed by atoms with van der Waals surface area (Å²) in [5.41, 5.74) is 6.99. The van der Waals surface area contributed by atoms with Crippen molar-refractivity contribution in [3.8, 4) is 0 Å². The first-order chi connectivity index (χ1) is 10.1. The molecule has 116 valence electrons. The minimum Gasteiger partial charge on any atom is -0.353 e. The third-order valence-electron chi connectivity index (χ3n) is 4.77. The summed E-state index contributed by atoms with van der Waals surface area (Å²) in [6, 6.07) is 8.95. The monoisotopic (exact) mass is 289 g/mol. The lowest BCUT2D eigenvalue weighted by atomic mass is 9.80. The summed E-state index contributed by atoms with van der Waals surface area (Å²) in [5.74, 6) is -0.0898. The number of carbonyl (C=O) groups excluding carboxylic acids is 1. The van der Waals surface area contributed by atoms with Crippen LogP contribution in [0.1, 0.15) is 43.7 Å². The van der Waals surface area contributed by atoms with Crippen LogP contribution in [0.3, 0.4) is 0 Å². The minimum absolute atomic E-state index is 0.0876. The maximum absolute atomic E-state index is 12.3. The van der Waals surface area contributed by atoms with Crippen LogP contribution in [-0.2, 0) is 4.79 Å². The molecule has 1 atom stereocenters. The van der Waals surface area contributed by atoms with Crippen LogP contribution in [-0.4, -0.2) is 37.0 Å². The Kier molecular flexibility index (Phi) is 5.37. The lowest BCUT2D eigenvalue weighted by Crippen LogP contribution is -2.54. The average Bonchev–Trinajstić information content (AvgIpc) is 2.53. The van der Waals surface area contributed by atoms with Crippen LogP contribution in [0.5, 0.6) is 0 Å². The molecule has 1 saturated carbocycles. The van der Waals surface area contributed by atoms with Crippen molar-refractivity contribution in [3.63, 3.8) is 0 Å². The van der Waals surface area contributed by atoms with Gasteiger partial charge in [-0.05, 0) is 32.5 Å². The first-order valence-corrected chi connectivity index (χ1v) is 7.81. The van der Waals surface area contributed by atoms with E-state index in [-0.39, 0.29) is 11.4 Å². The van der Waals surface area contributed by atoms with E-state index in [9.17, 15) is 4.79 Å². The molecule has 1 aromatic carbocycles. The van der Waals surface area contributed by atoms with Gasteiger partial charge in [0.15, 0.2) is 0 Å². The number of amides is 1. The Morgan fingerprint density at radius 2 is 1.86 bits per heavy atom. The molecule has 2 rings (SSSR count). The fourth-order valence-electron chi connectivity index (χ4n) is 3.17. The average molecular weight is 289 g/mol. The van der Waals surface area contributed by atoms with E-state index in [1.54, 1.807) is 0 Å². The van der Waals surface area contributed by atoms with E-state index < -0.39 is 6.04 Å². The second-order valence-corrected chi connectivity index (χ2v) is 6.29. The van der Waals surface area contributed by atoms with E-state index in [1.807, 2.05) is 30.3 Å². The molecule has 0 heterocycles. The van der Waals surface area contributed by atoms with Crippen molar-refractivity contribution in [3.05, 3.63) is 35.9 Å². The van der Waals surface area contributed by atoms with Gasteiger partial charge in [-0.1, -0.05) is 49.6 Å². The van der Waals surface area contributed by atoms with E-state index in [0.717, 1.165) is 18.4 Å². The number of rotatable bonds is 5. The van der Waals surface area contributed by atoms with Crippen LogP contribution in [0, 0.1) is 0 Å². The summed E-state index contributed by atoms with van der Waals surface area (Å²) in [6.45, 7) is 0.680. The summed E-state index contributed by atoms with van der Waals surface area (Å²) >= 11 is 0. The minimum atomic E-state index is -0.589. The van der Waals surface area contributed by atoms with Crippen LogP contribution < -0.4 is 11.1 Å². The molecular weight excluding hydrogens is 262 g/mol. The summed E-state index contributed by atoms with van der Waals surface area (Å²) in [7, 11) is 4.21. The van der Waals surface area contributed by atoms with Gasteiger partial charge < -0.3 is 16.0 Å². The second kappa shape index (κ2) is 7.05. The fourth-order valence-corrected chi connectivity index (χ4v) is 3.17. The largest absolute Gasteiger partial charge is 0.353 e. The fraction of sp³-hybridized carbons (Fsp3) is 0.588. The number of hydrogen-bond donors (Lipinski definition) is 2. The number of hydrogen-bond acceptors (Lipinski definition) is 3. The molecule has 0 radical (unpaired) electrons. The molecule has 1 aromatic rings. The Balaban J connectivity index is 1.96. The lowest BCUT2D eigenvalue weighted by Gasteiger charge is -2.43. The number of benzene rings is 1. The van der Waals surface area contributed by atoms with Crippen molar-refractivity contribution in [2.24, 2.45) is 5.73 Å². The standard InChI is InChI=1S/C17H27N3O/c1-20(2)17(11-7-4-8-12-17)13-19-16(21)15(18)14-9-5-3-6-10-14/h3,5-6,9-10,15H,4,7-8,11-13,18H2,1-2H3,(H,19,21). The molecule has 4 heteroatoms. The van der Waals surface area contributed by atoms with Crippen molar-refractivity contribution >= 4 is 5.91 Å². The maximum Gasteiger partial charge on any atom is 0.241 e. The molecule has 21 heavy (non-hydrogen) atoms. The highest BCUT2D eigenvalue weighted by molar-refractivity contribution is 5.82. The second-order valence-electron chi connectivity index (χ2n) is 6.29. The smallest absolute Gasteiger partial charge is 0.241 e. The lowest BCUT2D eigenvalue weighted by molar-refractivity contribution is -0.123. The van der Waals surface area contributed by atoms with Gasteiger partial charge in [0, 0.05) is 12.1 Å². The summed E-state index contributed by atoms with van der Waals surface area (Å²) in [6.07, 6.45) is 6.05. The number of nitrogens with one attached hydrogen (secondary N) is 1. The first-order valence-electron chi connectivity index (χ1n) is 7.81. The van der Waals surface area contributed by atoms with Crippen molar-refractivity contribution < 1.29 is 4.79 Å². The van der Waals surface area contributed by atoms with Gasteiger partial charge >= 0.3 is 0 Å². The molecule has 3 N–H and O–H groups in total. The van der Waals surface area contributed by atoms with Gasteiger partial charge in [-0.15, -0.1) is 0 Å². The Morgan fingerprint density at radius 3 is 2.43 bits per heavy atom. The molecule has 0 aromatic heterocycles. The molecule has 0 saturated heterocycles. The van der Waals surface area contributed by atoms with Gasteiger partial charge in [-0.3, -0.25) is 4.79 Å². The van der Waals surface area contributed by atoms with Crippen molar-refractivity contribution in [1.82, 2.24) is 10.2 Å². The van der Waals surface area contributed by atoms with Gasteiger partial charge in [0.25, 0.3) is 0 Å². The van der Waals surface area contributed by atoms with E-state index in [4.69, 9.17) is 5.73 Å². The quantitative estimate of drug-likeness (QED) is 0.872. The molecule has 0 bridgehead atoms. The SMILES string of the molecule is CN(C)C1(CNC(=O)C(N)c2ccccc2)CCCCC1. The zero-order chi connectivity index (χ0) is 15.3. The Morgan fingerprint density at radius 1 is 1.24 bits per heavy atom. The van der Waals surface area contributed by atoms with Crippen molar-refractivity contribution in [2.75, 3.05) is 20.6 Å². The Labute approximate surface area is 127 Å². The zero-order valence-electron chi connectivity index (χ0n) is 13.1. The van der Waals surface area contributed by atoms with Gasteiger partial charge in [0.2, 0.25) is 5.91 Å². The van der Waals surface area contributed by atoms with Crippen molar-refractivity contribution in [2.45, 2.75) is 43.7 Å². The van der Waals surface area contributed by atoms with Gasteiger partial charge in [-0.2, -0.15) is 0 Å². The number of nitrogens with two attached hydrogens (primary N) is 1. The third kappa shape index (κ3) is 3.83. The van der Waals surface area contributed by atoms with E-state index in [2.05, 4.69) is 24.3 Å². The van der Waals surface area contributed by atoms with E-state index in [0.29, 0.717) is 6.54 Å². The maximum atomic E-state index is 12.3. The van der Waals surface area contributed by atoms with Crippen LogP contribution in [0.25, 0.3) is 0 Å². The molecule has 4 nitrogen and oxygen atoms in total. The highest BCUT2D eigenvalue weighted by Crippen LogP contribution is 2.31. The van der Waals surface area contributed by atoms with Gasteiger partial charge in [-0.25, -0.2) is 0 Å². The summed E-state index contributed by atoms with van der Waals surface area (Å²) in [5, 5.41) is 3.07. The van der Waals surface area contributed by atoms with Crippen LogP contribution in [0.4, 0.5) is 0 Å². The van der Waals surface area contributed by atoms with Crippen LogP contribution in [0.2, 0.25) is 0 Å². The molecule has 1 amide bonds. The third-order valence-corrected chi connectivity index (χ3v) is 4.77. The topological polar surface area (TPSA) is 58.4 Å². The number of likely N-dealkylation sites (N-methyl/N-ethyl adjacent to an activating group) is 1. The summed E-state index contributed by atoms with van der Waals surface area (Å²) in [4.78, 5) is 14.6. The van der Waals surface area contributed by atoms with Crippen molar-refractivity contribution in [1.29, 1.82) is 0 Å². The molecule has 1 unspecified atom stereocenters. The molecule has 1 fully saturated rings. The molecule has 1 aliphatic rings. The number of nitrogens with zero attached hydrogens (tertiary/aromatic N) is 1. The van der Waals surface area contributed by atoms with Crippen LogP contribution in [0.15, 0.2) is 30.3 Å². The molecule has 0 spiro atoms. The highest BCUT2D eigenvalue weighted by Gasteiger charge is 2.34. The highest BCUT2D eigenvalue weighted by atomic mass is 16.2. The zero-order valence-corrected chi connectivity index (χ0v) is 13.1. The predicted molar refractivity (Wildman–Crippen MR) is 85.9 cm³/mol. The predicted octanol–water partition coefficient (Wildman–Crippen LogP) is 2.07. The molecule has 1 aliphatic carbocycles. The van der Waals surface area contributed by atoms with Gasteiger partial charge in [0.1, 0.15) is 6.04 Å². The first kappa shape index (κ1) is 16.0. The normalized spacial score (nSPS) is 19.2. The van der Waals surface area contributed by atoms with E-state index in [1.165, 1.54) is 19.3 Å². The summed E-state index contributed by atoms with van der Waals surface area (Å²) < 4.78 is 0. The Bertz CT molecular complexity index is 452. The Hall–Kier alpha value is -1.39. The number of carbonyl (C=O) groups is 1.